The molecule has 0 aliphatic rings. The first-order chi connectivity index (χ1) is 10.0. The maximum Gasteiger partial charge on any atom is 0.288 e. The summed E-state index contributed by atoms with van der Waals surface area (Å²) >= 11 is 5.79. The molecule has 0 aliphatic carbocycles. The summed E-state index contributed by atoms with van der Waals surface area (Å²) in [5.41, 5.74) is 5.78. The number of amidine groups is 1. The Kier molecular flexibility index (Phi) is 4.24. The number of hydrogen-bond acceptors (Lipinski definition) is 5. The molecule has 0 radical (unpaired) electrons. The zero-order chi connectivity index (χ0) is 15.4. The molecule has 8 heteroatoms. The predicted octanol–water partition coefficient (Wildman–Crippen LogP) is 3.14. The highest BCUT2D eigenvalue weighted by atomic mass is 35.5. The summed E-state index contributed by atoms with van der Waals surface area (Å²) in [6.07, 6.45) is 0. The second kappa shape index (κ2) is 6.10. The van der Waals surface area contributed by atoms with Gasteiger partial charge in [-0.25, -0.2) is 0 Å². The van der Waals surface area contributed by atoms with E-state index in [4.69, 9.17) is 27.3 Å². The Balaban J connectivity index is 2.19. The number of benzene rings is 2. The molecule has 0 aromatic heterocycles. The normalized spacial score (nSPS) is 11.2. The Morgan fingerprint density at radius 3 is 2.38 bits per heavy atom. The predicted molar refractivity (Wildman–Crippen MR) is 77.1 cm³/mol. The summed E-state index contributed by atoms with van der Waals surface area (Å²) in [4.78, 5) is 10.1. The summed E-state index contributed by atoms with van der Waals surface area (Å²) < 4.78 is 5.51. The third-order valence-electron chi connectivity index (χ3n) is 2.61. The van der Waals surface area contributed by atoms with E-state index < -0.39 is 4.92 Å². The number of hydrogen-bond donors (Lipinski definition) is 2. The Morgan fingerprint density at radius 2 is 1.86 bits per heavy atom. The van der Waals surface area contributed by atoms with E-state index in [1.807, 2.05) is 0 Å². The number of nitrogens with two attached hydrogens (primary N) is 1. The average molecular weight is 308 g/mol. The highest BCUT2D eigenvalue weighted by molar-refractivity contribution is 6.32. The average Bonchev–Trinajstić information content (AvgIpc) is 2.47. The van der Waals surface area contributed by atoms with E-state index >= 15 is 0 Å². The lowest BCUT2D eigenvalue weighted by Gasteiger charge is -2.07. The lowest BCUT2D eigenvalue weighted by molar-refractivity contribution is -0.384. The van der Waals surface area contributed by atoms with E-state index in [9.17, 15) is 10.1 Å². The number of nitro benzene ring substituents is 1. The molecule has 0 amide bonds. The minimum Gasteiger partial charge on any atom is -0.457 e. The molecular formula is C13H10ClN3O4. The van der Waals surface area contributed by atoms with Crippen LogP contribution >= 0.6 is 11.6 Å². The van der Waals surface area contributed by atoms with Crippen molar-refractivity contribution in [3.8, 4) is 11.5 Å². The first-order valence-electron chi connectivity index (χ1n) is 5.71. The lowest BCUT2D eigenvalue weighted by Crippen LogP contribution is -2.12. The highest BCUT2D eigenvalue weighted by Gasteiger charge is 2.12. The first-order valence-corrected chi connectivity index (χ1v) is 6.09. The van der Waals surface area contributed by atoms with E-state index in [-0.39, 0.29) is 16.5 Å². The fraction of sp³-hybridized carbons (Fsp3) is 0. The zero-order valence-electron chi connectivity index (χ0n) is 10.6. The van der Waals surface area contributed by atoms with Gasteiger partial charge in [-0.05, 0) is 30.3 Å². The quantitative estimate of drug-likeness (QED) is 0.296. The van der Waals surface area contributed by atoms with Crippen LogP contribution in [0.2, 0.25) is 5.02 Å². The summed E-state index contributed by atoms with van der Waals surface area (Å²) in [7, 11) is 0. The SMILES string of the molecule is NC(=NO)c1ccc(Oc2ccc([N+](=O)[O-])c(Cl)c2)cc1. The monoisotopic (exact) mass is 307 g/mol. The standard InChI is InChI=1S/C13H10ClN3O4/c14-11-7-10(5-6-12(11)17(19)20)21-9-3-1-8(2-4-9)13(15)16-18/h1-7,18H,(H2,15,16). The summed E-state index contributed by atoms with van der Waals surface area (Å²) in [6.45, 7) is 0. The van der Waals surface area contributed by atoms with Crippen LogP contribution in [0.15, 0.2) is 47.6 Å². The van der Waals surface area contributed by atoms with Gasteiger partial charge in [0.2, 0.25) is 0 Å². The molecule has 0 aliphatic heterocycles. The smallest absolute Gasteiger partial charge is 0.288 e. The Hall–Kier alpha value is -2.80. The van der Waals surface area contributed by atoms with Crippen molar-refractivity contribution in [2.75, 3.05) is 0 Å². The molecule has 2 aromatic carbocycles. The summed E-state index contributed by atoms with van der Waals surface area (Å²) in [5, 5.41) is 22.1. The third kappa shape index (κ3) is 3.40. The lowest BCUT2D eigenvalue weighted by atomic mass is 10.2. The van der Waals surface area contributed by atoms with Crippen molar-refractivity contribution >= 4 is 23.1 Å². The minimum atomic E-state index is -0.572. The van der Waals surface area contributed by atoms with Crippen molar-refractivity contribution in [3.63, 3.8) is 0 Å². The van der Waals surface area contributed by atoms with Crippen molar-refractivity contribution < 1.29 is 14.9 Å². The molecule has 0 unspecified atom stereocenters. The van der Waals surface area contributed by atoms with Crippen LogP contribution in [0.3, 0.4) is 0 Å². The number of halogens is 1. The van der Waals surface area contributed by atoms with Crippen molar-refractivity contribution in [3.05, 3.63) is 63.2 Å². The zero-order valence-corrected chi connectivity index (χ0v) is 11.3. The van der Waals surface area contributed by atoms with Gasteiger partial charge in [0, 0.05) is 17.7 Å². The molecule has 0 saturated heterocycles. The third-order valence-corrected chi connectivity index (χ3v) is 2.91. The Morgan fingerprint density at radius 1 is 1.24 bits per heavy atom. The molecule has 3 N–H and O–H groups in total. The molecule has 2 aromatic rings. The van der Waals surface area contributed by atoms with E-state index in [2.05, 4.69) is 5.16 Å². The molecule has 0 saturated carbocycles. The first kappa shape index (κ1) is 14.6. The second-order valence-corrected chi connectivity index (χ2v) is 4.39. The van der Waals surface area contributed by atoms with Gasteiger partial charge in [-0.15, -0.1) is 0 Å². The van der Waals surface area contributed by atoms with Crippen molar-refractivity contribution in [2.45, 2.75) is 0 Å². The minimum absolute atomic E-state index is 0.00854. The van der Waals surface area contributed by atoms with Crippen molar-refractivity contribution in [1.29, 1.82) is 0 Å². The van der Waals surface area contributed by atoms with Crippen LogP contribution in [-0.2, 0) is 0 Å². The van der Waals surface area contributed by atoms with Crippen molar-refractivity contribution in [1.82, 2.24) is 0 Å². The number of nitrogens with zero attached hydrogens (tertiary/aromatic N) is 2. The van der Waals surface area contributed by atoms with Crippen LogP contribution in [0.1, 0.15) is 5.56 Å². The van der Waals surface area contributed by atoms with Gasteiger partial charge < -0.3 is 15.7 Å². The maximum atomic E-state index is 10.7. The molecule has 2 rings (SSSR count). The van der Waals surface area contributed by atoms with Gasteiger partial charge in [0.05, 0.1) is 4.92 Å². The highest BCUT2D eigenvalue weighted by Crippen LogP contribution is 2.30. The van der Waals surface area contributed by atoms with E-state index in [1.54, 1.807) is 24.3 Å². The van der Waals surface area contributed by atoms with Crippen molar-refractivity contribution in [2.24, 2.45) is 10.9 Å². The Labute approximate surface area is 124 Å². The largest absolute Gasteiger partial charge is 0.457 e. The molecule has 0 heterocycles. The fourth-order valence-corrected chi connectivity index (χ4v) is 1.83. The van der Waals surface area contributed by atoms with Gasteiger partial charge in [0.1, 0.15) is 16.5 Å². The number of ether oxygens (including phenoxy) is 1. The summed E-state index contributed by atoms with van der Waals surface area (Å²) in [6, 6.07) is 10.5. The molecule has 0 fully saturated rings. The number of rotatable bonds is 4. The van der Waals surface area contributed by atoms with E-state index in [0.717, 1.165) is 0 Å². The van der Waals surface area contributed by atoms with E-state index in [0.29, 0.717) is 17.1 Å². The van der Waals surface area contributed by atoms with Gasteiger partial charge in [-0.2, -0.15) is 0 Å². The van der Waals surface area contributed by atoms with Crippen LogP contribution in [0.4, 0.5) is 5.69 Å². The van der Waals surface area contributed by atoms with Crippen LogP contribution in [0.25, 0.3) is 0 Å². The van der Waals surface area contributed by atoms with Crippen LogP contribution in [0, 0.1) is 10.1 Å². The van der Waals surface area contributed by atoms with Gasteiger partial charge >= 0.3 is 0 Å². The van der Waals surface area contributed by atoms with Gasteiger partial charge in [-0.1, -0.05) is 16.8 Å². The Bertz CT molecular complexity index is 701. The summed E-state index contributed by atoms with van der Waals surface area (Å²) in [5.74, 6) is 0.830. The molecule has 108 valence electrons. The fourth-order valence-electron chi connectivity index (χ4n) is 1.59. The molecule has 7 nitrogen and oxygen atoms in total. The van der Waals surface area contributed by atoms with Gasteiger partial charge in [0.15, 0.2) is 5.84 Å². The van der Waals surface area contributed by atoms with Gasteiger partial charge in [0.25, 0.3) is 5.69 Å². The topological polar surface area (TPSA) is 111 Å². The second-order valence-electron chi connectivity index (χ2n) is 3.98. The molecule has 21 heavy (non-hydrogen) atoms. The molecular weight excluding hydrogens is 298 g/mol. The number of nitro groups is 1. The molecule has 0 spiro atoms. The molecule has 0 bridgehead atoms. The van der Waals surface area contributed by atoms with Crippen LogP contribution in [0.5, 0.6) is 11.5 Å². The van der Waals surface area contributed by atoms with Crippen LogP contribution < -0.4 is 10.5 Å². The van der Waals surface area contributed by atoms with Crippen LogP contribution in [-0.4, -0.2) is 16.0 Å². The maximum absolute atomic E-state index is 10.7. The number of oxime groups is 1. The molecule has 0 atom stereocenters. The van der Waals surface area contributed by atoms with Gasteiger partial charge in [-0.3, -0.25) is 10.1 Å². The van der Waals surface area contributed by atoms with E-state index in [1.165, 1.54) is 18.2 Å².